The fourth-order valence-corrected chi connectivity index (χ4v) is 3.86. The molecule has 0 fully saturated rings. The molecule has 0 nitrogen and oxygen atoms in total. The summed E-state index contributed by atoms with van der Waals surface area (Å²) in [6.45, 7) is 15.7. The molecular formula is C20H38S. The zero-order valence-corrected chi connectivity index (χ0v) is 16.1. The van der Waals surface area contributed by atoms with E-state index in [1.807, 2.05) is 0 Å². The van der Waals surface area contributed by atoms with Gasteiger partial charge in [0.1, 0.15) is 0 Å². The molecule has 1 heteroatoms. The molecule has 0 aromatic carbocycles. The van der Waals surface area contributed by atoms with E-state index in [1.54, 1.807) is 0 Å². The molecule has 0 aromatic heterocycles. The highest BCUT2D eigenvalue weighted by molar-refractivity contribution is 7.84. The molecule has 0 aliphatic heterocycles. The quantitative estimate of drug-likeness (QED) is 0.213. The molecule has 0 saturated heterocycles. The van der Waals surface area contributed by atoms with Gasteiger partial charge >= 0.3 is 0 Å². The highest BCUT2D eigenvalue weighted by Crippen LogP contribution is 2.40. The third-order valence-corrected chi connectivity index (χ3v) is 4.57. The van der Waals surface area contributed by atoms with E-state index in [2.05, 4.69) is 53.8 Å². The maximum absolute atomic E-state index is 4.64. The van der Waals surface area contributed by atoms with Crippen LogP contribution in [0.2, 0.25) is 0 Å². The summed E-state index contributed by atoms with van der Waals surface area (Å²) in [5.74, 6) is 0. The van der Waals surface area contributed by atoms with E-state index in [0.29, 0.717) is 0 Å². The van der Waals surface area contributed by atoms with Crippen LogP contribution in [0.5, 0.6) is 0 Å². The monoisotopic (exact) mass is 310 g/mol. The molecule has 0 N–H and O–H groups in total. The van der Waals surface area contributed by atoms with Gasteiger partial charge in [-0.25, -0.2) is 0 Å². The van der Waals surface area contributed by atoms with Crippen molar-refractivity contribution in [1.29, 1.82) is 0 Å². The highest BCUT2D eigenvalue weighted by Gasteiger charge is 2.25. The summed E-state index contributed by atoms with van der Waals surface area (Å²) >= 11 is 4.64. The molecule has 0 unspecified atom stereocenters. The van der Waals surface area contributed by atoms with Gasteiger partial charge < -0.3 is 0 Å². The fourth-order valence-electron chi connectivity index (χ4n) is 3.39. The van der Waals surface area contributed by atoms with Crippen LogP contribution in [-0.2, 0) is 0 Å². The van der Waals surface area contributed by atoms with Crippen molar-refractivity contribution in [3.05, 3.63) is 22.6 Å². The maximum Gasteiger partial charge on any atom is -0.00935 e. The van der Waals surface area contributed by atoms with Crippen LogP contribution in [0.15, 0.2) is 22.6 Å². The fraction of sp³-hybridized carbons (Fsp3) is 0.800. The van der Waals surface area contributed by atoms with Crippen LogP contribution in [0, 0.1) is 5.41 Å². The average Bonchev–Trinajstić information content (AvgIpc) is 2.36. The van der Waals surface area contributed by atoms with Gasteiger partial charge in [-0.3, -0.25) is 0 Å². The number of hydrogen-bond acceptors (Lipinski definition) is 1. The van der Waals surface area contributed by atoms with Crippen LogP contribution < -0.4 is 0 Å². The standard InChI is InChI=1S/C20H38S/c1-7-9-10-11-12-13-14-15-17(3)19(18(4)21)20(5,6)16-8-2/h21H,3,7-16H2,1-2,4-6H3/b19-18+. The molecule has 0 bridgehead atoms. The van der Waals surface area contributed by atoms with Crippen LogP contribution in [0.4, 0.5) is 0 Å². The third-order valence-electron chi connectivity index (χ3n) is 4.35. The lowest BCUT2D eigenvalue weighted by molar-refractivity contribution is 0.403. The Balaban J connectivity index is 4.26. The lowest BCUT2D eigenvalue weighted by atomic mass is 9.76. The van der Waals surface area contributed by atoms with Gasteiger partial charge in [-0.1, -0.05) is 84.8 Å². The lowest BCUT2D eigenvalue weighted by Gasteiger charge is -2.30. The second-order valence-electron chi connectivity index (χ2n) is 7.07. The van der Waals surface area contributed by atoms with Gasteiger partial charge in [-0.05, 0) is 42.1 Å². The summed E-state index contributed by atoms with van der Waals surface area (Å²) < 4.78 is 0. The summed E-state index contributed by atoms with van der Waals surface area (Å²) in [5, 5.41) is 0. The SMILES string of the molecule is C=C(CCCCCCCCC)/C(=C(/C)S)C(C)(C)CCC. The molecule has 0 aromatic rings. The Hall–Kier alpha value is -0.170. The zero-order valence-electron chi connectivity index (χ0n) is 15.2. The molecule has 0 rings (SSSR count). The molecular weight excluding hydrogens is 272 g/mol. The molecule has 21 heavy (non-hydrogen) atoms. The summed E-state index contributed by atoms with van der Waals surface area (Å²) in [6, 6.07) is 0. The zero-order chi connectivity index (χ0) is 16.3. The summed E-state index contributed by atoms with van der Waals surface area (Å²) in [6.07, 6.45) is 13.1. The van der Waals surface area contributed by atoms with Gasteiger partial charge in [0.15, 0.2) is 0 Å². The van der Waals surface area contributed by atoms with Crippen LogP contribution >= 0.6 is 12.6 Å². The number of rotatable bonds is 12. The average molecular weight is 311 g/mol. The molecule has 0 atom stereocenters. The smallest absolute Gasteiger partial charge is 0.00935 e. The second-order valence-corrected chi connectivity index (χ2v) is 7.74. The molecule has 0 radical (unpaired) electrons. The number of hydrogen-bond donors (Lipinski definition) is 1. The Morgan fingerprint density at radius 2 is 1.43 bits per heavy atom. The minimum Gasteiger partial charge on any atom is -0.148 e. The van der Waals surface area contributed by atoms with Gasteiger partial charge in [0.05, 0.1) is 0 Å². The maximum atomic E-state index is 4.64. The first-order chi connectivity index (χ1) is 9.86. The van der Waals surface area contributed by atoms with Crippen molar-refractivity contribution in [3.63, 3.8) is 0 Å². The van der Waals surface area contributed by atoms with Crippen molar-refractivity contribution in [3.8, 4) is 0 Å². The van der Waals surface area contributed by atoms with Gasteiger partial charge in [0, 0.05) is 0 Å². The topological polar surface area (TPSA) is 0 Å². The van der Waals surface area contributed by atoms with E-state index in [0.717, 1.165) is 11.3 Å². The van der Waals surface area contributed by atoms with Crippen molar-refractivity contribution in [2.24, 2.45) is 5.41 Å². The van der Waals surface area contributed by atoms with Gasteiger partial charge in [0.2, 0.25) is 0 Å². The number of allylic oxidation sites excluding steroid dienone is 3. The van der Waals surface area contributed by atoms with Crippen molar-refractivity contribution in [1.82, 2.24) is 0 Å². The first-order valence-corrected chi connectivity index (χ1v) is 9.40. The molecule has 0 saturated carbocycles. The predicted octanol–water partition coefficient (Wildman–Crippen LogP) is 7.71. The van der Waals surface area contributed by atoms with Crippen molar-refractivity contribution in [2.45, 2.75) is 98.8 Å². The normalized spacial score (nSPS) is 13.2. The first kappa shape index (κ1) is 20.8. The van der Waals surface area contributed by atoms with Crippen molar-refractivity contribution < 1.29 is 0 Å². The predicted molar refractivity (Wildman–Crippen MR) is 102 cm³/mol. The lowest BCUT2D eigenvalue weighted by Crippen LogP contribution is -2.17. The molecule has 0 aliphatic rings. The summed E-state index contributed by atoms with van der Waals surface area (Å²) in [7, 11) is 0. The van der Waals surface area contributed by atoms with E-state index in [9.17, 15) is 0 Å². The Morgan fingerprint density at radius 3 is 1.90 bits per heavy atom. The van der Waals surface area contributed by atoms with Gasteiger partial charge in [-0.15, -0.1) is 12.6 Å². The number of thiol groups is 1. The number of unbranched alkanes of at least 4 members (excludes halogenated alkanes) is 6. The Labute approximate surface area is 139 Å². The second kappa shape index (κ2) is 11.4. The largest absolute Gasteiger partial charge is 0.148 e. The van der Waals surface area contributed by atoms with Crippen molar-refractivity contribution in [2.75, 3.05) is 0 Å². The molecule has 0 heterocycles. The summed E-state index contributed by atoms with van der Waals surface area (Å²) in [4.78, 5) is 1.15. The molecule has 0 aliphatic carbocycles. The van der Waals surface area contributed by atoms with E-state index in [-0.39, 0.29) is 5.41 Å². The van der Waals surface area contributed by atoms with Crippen molar-refractivity contribution >= 4 is 12.6 Å². The van der Waals surface area contributed by atoms with Crippen LogP contribution in [0.3, 0.4) is 0 Å². The van der Waals surface area contributed by atoms with E-state index < -0.39 is 0 Å². The molecule has 124 valence electrons. The Kier molecular flexibility index (Phi) is 11.3. The summed E-state index contributed by atoms with van der Waals surface area (Å²) in [5.41, 5.74) is 2.92. The van der Waals surface area contributed by atoms with E-state index in [4.69, 9.17) is 0 Å². The van der Waals surface area contributed by atoms with Crippen LogP contribution in [-0.4, -0.2) is 0 Å². The molecule has 0 spiro atoms. The Morgan fingerprint density at radius 1 is 0.905 bits per heavy atom. The Bertz CT molecular complexity index is 319. The first-order valence-electron chi connectivity index (χ1n) is 8.95. The molecule has 0 amide bonds. The highest BCUT2D eigenvalue weighted by atomic mass is 32.1. The van der Waals surface area contributed by atoms with E-state index in [1.165, 1.54) is 68.9 Å². The van der Waals surface area contributed by atoms with Gasteiger partial charge in [0.25, 0.3) is 0 Å². The van der Waals surface area contributed by atoms with Crippen LogP contribution in [0.25, 0.3) is 0 Å². The van der Waals surface area contributed by atoms with Gasteiger partial charge in [-0.2, -0.15) is 0 Å². The minimum atomic E-state index is 0.207. The van der Waals surface area contributed by atoms with E-state index >= 15 is 0 Å². The minimum absolute atomic E-state index is 0.207. The van der Waals surface area contributed by atoms with Crippen LogP contribution in [0.1, 0.15) is 98.8 Å². The third kappa shape index (κ3) is 8.76.